The second-order valence-electron chi connectivity index (χ2n) is 3.94. The monoisotopic (exact) mass is 220 g/mol. The van der Waals surface area contributed by atoms with Gasteiger partial charge in [-0.25, -0.2) is 4.90 Å². The zero-order valence-corrected chi connectivity index (χ0v) is 8.68. The number of alkyl halides is 2. The molecule has 0 spiro atoms. The largest absolute Gasteiger partial charge is 0.550 e. The first-order valence-electron chi connectivity index (χ1n) is 5.35. The van der Waals surface area contributed by atoms with Crippen LogP contribution in [0.3, 0.4) is 0 Å². The number of carboxylic acid groups (broad SMARTS) is 1. The van der Waals surface area contributed by atoms with Crippen molar-refractivity contribution in [3.63, 3.8) is 0 Å². The first kappa shape index (κ1) is 12.4. The smallest absolute Gasteiger partial charge is 0.304 e. The number of rotatable bonds is 5. The quantitative estimate of drug-likeness (QED) is 0.512. The molecule has 88 valence electrons. The summed E-state index contributed by atoms with van der Waals surface area (Å²) in [5, 5.41) is 10.1. The Hall–Kier alpha value is -0.710. The zero-order chi connectivity index (χ0) is 11.3. The molecule has 0 saturated carbocycles. The third-order valence-electron chi connectivity index (χ3n) is 2.68. The minimum absolute atomic E-state index is 0.0423. The number of carboxylic acids is 1. The van der Waals surface area contributed by atoms with Crippen molar-refractivity contribution in [3.8, 4) is 0 Å². The predicted octanol–water partition coefficient (Wildman–Crippen LogP) is 0.985. The Labute approximate surface area is 88.1 Å². The molecule has 0 aromatic heterocycles. The molecule has 0 aliphatic carbocycles. The second kappa shape index (κ2) is 5.39. The van der Waals surface area contributed by atoms with E-state index < -0.39 is 12.0 Å². The molecular weight excluding hydrogens is 204 g/mol. The standard InChI is InChI=1S/C10H17F2NO2/c11-10(12)6-2-4-8-13(10)7-3-1-5-9(14)15/h1-8H2,(H,14,15)/p-1. The molecule has 1 saturated heterocycles. The van der Waals surface area contributed by atoms with Gasteiger partial charge in [-0.1, -0.05) is 0 Å². The zero-order valence-electron chi connectivity index (χ0n) is 8.68. The van der Waals surface area contributed by atoms with Gasteiger partial charge in [0.05, 0.1) is 0 Å². The Balaban J connectivity index is 2.21. The van der Waals surface area contributed by atoms with Crippen molar-refractivity contribution in [3.05, 3.63) is 0 Å². The van der Waals surface area contributed by atoms with E-state index >= 15 is 0 Å². The Kier molecular flexibility index (Phi) is 4.45. The maximum absolute atomic E-state index is 13.3. The van der Waals surface area contributed by atoms with E-state index in [9.17, 15) is 18.7 Å². The molecule has 0 bridgehead atoms. The molecular formula is C10H16F2NO2-. The second-order valence-corrected chi connectivity index (χ2v) is 3.94. The predicted molar refractivity (Wildman–Crippen MR) is 49.2 cm³/mol. The molecule has 0 aromatic rings. The summed E-state index contributed by atoms with van der Waals surface area (Å²) in [4.78, 5) is 11.3. The van der Waals surface area contributed by atoms with Crippen molar-refractivity contribution in [2.24, 2.45) is 0 Å². The average molecular weight is 220 g/mol. The van der Waals surface area contributed by atoms with Crippen LogP contribution in [0, 0.1) is 0 Å². The molecule has 0 aromatic carbocycles. The minimum atomic E-state index is -2.69. The number of nitrogens with zero attached hydrogens (tertiary/aromatic N) is 1. The minimum Gasteiger partial charge on any atom is -0.550 e. The fourth-order valence-electron chi connectivity index (χ4n) is 1.81. The molecule has 0 N–H and O–H groups in total. The Morgan fingerprint density at radius 3 is 2.67 bits per heavy atom. The van der Waals surface area contributed by atoms with Gasteiger partial charge in [-0.3, -0.25) is 0 Å². The number of carbonyl (C=O) groups is 1. The van der Waals surface area contributed by atoms with Crippen molar-refractivity contribution >= 4 is 5.97 Å². The van der Waals surface area contributed by atoms with Crippen LogP contribution >= 0.6 is 0 Å². The van der Waals surface area contributed by atoms with Crippen LogP contribution in [0.15, 0.2) is 0 Å². The molecule has 1 fully saturated rings. The molecule has 5 heteroatoms. The number of unbranched alkanes of at least 4 members (excludes halogenated alkanes) is 1. The van der Waals surface area contributed by atoms with E-state index in [2.05, 4.69) is 0 Å². The van der Waals surface area contributed by atoms with Gasteiger partial charge in [-0.05, 0) is 32.1 Å². The summed E-state index contributed by atoms with van der Waals surface area (Å²) in [6.45, 7) is 0.693. The highest BCUT2D eigenvalue weighted by atomic mass is 19.3. The molecule has 0 atom stereocenters. The normalized spacial score (nSPS) is 21.5. The van der Waals surface area contributed by atoms with Gasteiger partial charge in [-0.15, -0.1) is 0 Å². The molecule has 3 nitrogen and oxygen atoms in total. The first-order chi connectivity index (χ1) is 7.02. The number of hydrogen-bond donors (Lipinski definition) is 0. The van der Waals surface area contributed by atoms with Crippen LogP contribution in [0.1, 0.15) is 38.5 Å². The third-order valence-corrected chi connectivity index (χ3v) is 2.68. The van der Waals surface area contributed by atoms with E-state index in [1.54, 1.807) is 0 Å². The van der Waals surface area contributed by atoms with Crippen molar-refractivity contribution < 1.29 is 18.7 Å². The molecule has 15 heavy (non-hydrogen) atoms. The third kappa shape index (κ3) is 4.11. The molecule has 0 amide bonds. The van der Waals surface area contributed by atoms with E-state index in [0.29, 0.717) is 25.8 Å². The Bertz CT molecular complexity index is 221. The van der Waals surface area contributed by atoms with Crippen LogP contribution in [0.25, 0.3) is 0 Å². The van der Waals surface area contributed by atoms with E-state index in [1.807, 2.05) is 0 Å². The van der Waals surface area contributed by atoms with E-state index in [4.69, 9.17) is 0 Å². The number of aliphatic carboxylic acids is 1. The number of hydrogen-bond acceptors (Lipinski definition) is 3. The number of halogens is 2. The van der Waals surface area contributed by atoms with Crippen LogP contribution in [0.5, 0.6) is 0 Å². The van der Waals surface area contributed by atoms with Gasteiger partial charge < -0.3 is 9.90 Å². The number of likely N-dealkylation sites (tertiary alicyclic amines) is 1. The number of carbonyl (C=O) groups excluding carboxylic acids is 1. The lowest BCUT2D eigenvalue weighted by atomic mass is 10.1. The van der Waals surface area contributed by atoms with Crippen LogP contribution < -0.4 is 5.11 Å². The van der Waals surface area contributed by atoms with Gasteiger partial charge in [0.1, 0.15) is 0 Å². The van der Waals surface area contributed by atoms with E-state index in [-0.39, 0.29) is 19.4 Å². The summed E-state index contributed by atoms with van der Waals surface area (Å²) in [6.07, 6.45) is 2.16. The van der Waals surface area contributed by atoms with Gasteiger partial charge in [0.15, 0.2) is 0 Å². The topological polar surface area (TPSA) is 43.4 Å². The SMILES string of the molecule is O=C([O-])CCCCN1CCCCC1(F)F. The molecule has 0 radical (unpaired) electrons. The fraction of sp³-hybridized carbons (Fsp3) is 0.900. The van der Waals surface area contributed by atoms with Crippen molar-refractivity contribution in [2.75, 3.05) is 13.1 Å². The highest BCUT2D eigenvalue weighted by molar-refractivity contribution is 5.64. The molecule has 1 aliphatic rings. The fourth-order valence-corrected chi connectivity index (χ4v) is 1.81. The Morgan fingerprint density at radius 2 is 2.07 bits per heavy atom. The maximum atomic E-state index is 13.3. The summed E-state index contributed by atoms with van der Waals surface area (Å²) in [6, 6.07) is -2.69. The lowest BCUT2D eigenvalue weighted by Gasteiger charge is -2.35. The van der Waals surface area contributed by atoms with Crippen molar-refractivity contribution in [2.45, 2.75) is 44.6 Å². The van der Waals surface area contributed by atoms with Gasteiger partial charge in [0, 0.05) is 25.5 Å². The maximum Gasteiger partial charge on any atom is 0.304 e. The lowest BCUT2D eigenvalue weighted by Crippen LogP contribution is -2.45. The highest BCUT2D eigenvalue weighted by Gasteiger charge is 2.38. The molecule has 1 aliphatic heterocycles. The molecule has 0 unspecified atom stereocenters. The van der Waals surface area contributed by atoms with E-state index in [0.717, 1.165) is 11.3 Å². The van der Waals surface area contributed by atoms with Crippen LogP contribution in [0.2, 0.25) is 0 Å². The van der Waals surface area contributed by atoms with Crippen molar-refractivity contribution in [1.29, 1.82) is 0 Å². The summed E-state index contributed by atoms with van der Waals surface area (Å²) >= 11 is 0. The van der Waals surface area contributed by atoms with Crippen LogP contribution in [-0.4, -0.2) is 30.0 Å². The molecule has 1 rings (SSSR count). The first-order valence-corrected chi connectivity index (χ1v) is 5.35. The summed E-state index contributed by atoms with van der Waals surface area (Å²) in [5.41, 5.74) is 0. The van der Waals surface area contributed by atoms with Gasteiger partial charge in [0.2, 0.25) is 0 Å². The Morgan fingerprint density at radius 1 is 1.33 bits per heavy atom. The molecule has 1 heterocycles. The number of piperidine rings is 1. The van der Waals surface area contributed by atoms with Crippen molar-refractivity contribution in [1.82, 2.24) is 4.90 Å². The van der Waals surface area contributed by atoms with Crippen LogP contribution in [0.4, 0.5) is 8.78 Å². The summed E-state index contributed by atoms with van der Waals surface area (Å²) < 4.78 is 26.5. The average Bonchev–Trinajstić information content (AvgIpc) is 2.13. The van der Waals surface area contributed by atoms with Crippen LogP contribution in [-0.2, 0) is 4.79 Å². The van der Waals surface area contributed by atoms with Gasteiger partial charge in [0.25, 0.3) is 0 Å². The van der Waals surface area contributed by atoms with E-state index in [1.165, 1.54) is 0 Å². The highest BCUT2D eigenvalue weighted by Crippen LogP contribution is 2.30. The summed E-state index contributed by atoms with van der Waals surface area (Å²) in [7, 11) is 0. The van der Waals surface area contributed by atoms with Gasteiger partial charge in [-0.2, -0.15) is 8.78 Å². The lowest BCUT2D eigenvalue weighted by molar-refractivity contribution is -0.305. The van der Waals surface area contributed by atoms with Gasteiger partial charge >= 0.3 is 6.05 Å². The summed E-state index contributed by atoms with van der Waals surface area (Å²) in [5.74, 6) is -1.11.